The van der Waals surface area contributed by atoms with Gasteiger partial charge in [0.1, 0.15) is 0 Å². The Morgan fingerprint density at radius 2 is 1.86 bits per heavy atom. The summed E-state index contributed by atoms with van der Waals surface area (Å²) in [5.41, 5.74) is 8.33. The quantitative estimate of drug-likeness (QED) is 0.726. The van der Waals surface area contributed by atoms with Crippen molar-refractivity contribution in [1.82, 2.24) is 20.2 Å². The van der Waals surface area contributed by atoms with Crippen molar-refractivity contribution < 1.29 is 0 Å². The molecule has 1 aromatic rings. The summed E-state index contributed by atoms with van der Waals surface area (Å²) in [5.74, 6) is 0. The molecule has 0 aromatic carbocycles. The van der Waals surface area contributed by atoms with Gasteiger partial charge in [-0.15, -0.1) is 49.6 Å². The number of nitrogens with one attached hydrogen (secondary N) is 2. The molecule has 0 aliphatic carbocycles. The molecule has 1 fully saturated rings. The summed E-state index contributed by atoms with van der Waals surface area (Å²) in [6.45, 7) is 5.08. The van der Waals surface area contributed by atoms with Crippen molar-refractivity contribution in [2.24, 2.45) is 5.73 Å². The highest BCUT2D eigenvalue weighted by molar-refractivity contribution is 5.86. The molecule has 2 aliphatic rings. The second kappa shape index (κ2) is 10.1. The van der Waals surface area contributed by atoms with Gasteiger partial charge < -0.3 is 20.9 Å². The Labute approximate surface area is 150 Å². The molecule has 4 N–H and O–H groups in total. The topological polar surface area (TPSA) is 70.0 Å². The maximum atomic E-state index is 5.61. The SMILES string of the molecule is Cl.Cl.Cl.Cl.NCCN1CCC2(CC1)NCCc1[nH]cnc12. The molecule has 0 amide bonds. The molecule has 5 nitrogen and oxygen atoms in total. The minimum absolute atomic E-state index is 0. The third kappa shape index (κ3) is 4.61. The molecule has 2 aliphatic heterocycles. The van der Waals surface area contributed by atoms with E-state index >= 15 is 0 Å². The molecule has 1 spiro atoms. The highest BCUT2D eigenvalue weighted by atomic mass is 35.5. The summed E-state index contributed by atoms with van der Waals surface area (Å²) < 4.78 is 0. The maximum absolute atomic E-state index is 5.61. The number of likely N-dealkylation sites (tertiary alicyclic amines) is 1. The van der Waals surface area contributed by atoms with Crippen LogP contribution in [0.25, 0.3) is 0 Å². The van der Waals surface area contributed by atoms with E-state index in [2.05, 4.69) is 20.2 Å². The average molecular weight is 381 g/mol. The van der Waals surface area contributed by atoms with Crippen LogP contribution >= 0.6 is 49.6 Å². The van der Waals surface area contributed by atoms with Gasteiger partial charge >= 0.3 is 0 Å². The first-order valence-corrected chi connectivity index (χ1v) is 6.54. The van der Waals surface area contributed by atoms with Crippen LogP contribution in [0.2, 0.25) is 0 Å². The predicted molar refractivity (Wildman–Crippen MR) is 95.7 cm³/mol. The van der Waals surface area contributed by atoms with Crippen molar-refractivity contribution in [3.8, 4) is 0 Å². The van der Waals surface area contributed by atoms with Crippen LogP contribution < -0.4 is 11.1 Å². The summed E-state index contributed by atoms with van der Waals surface area (Å²) in [6, 6.07) is 0. The zero-order chi connectivity index (χ0) is 11.7. The molecule has 0 bridgehead atoms. The fourth-order valence-corrected chi connectivity index (χ4v) is 3.19. The van der Waals surface area contributed by atoms with Crippen LogP contribution in [-0.2, 0) is 12.0 Å². The van der Waals surface area contributed by atoms with E-state index < -0.39 is 0 Å². The van der Waals surface area contributed by atoms with Gasteiger partial charge in [-0.2, -0.15) is 0 Å². The molecule has 9 heteroatoms. The number of hydrogen-bond acceptors (Lipinski definition) is 4. The molecule has 0 unspecified atom stereocenters. The van der Waals surface area contributed by atoms with E-state index in [9.17, 15) is 0 Å². The molecule has 3 rings (SSSR count). The number of rotatable bonds is 2. The van der Waals surface area contributed by atoms with Gasteiger partial charge in [0.25, 0.3) is 0 Å². The molecule has 0 radical (unpaired) electrons. The molecule has 1 saturated heterocycles. The lowest BCUT2D eigenvalue weighted by Crippen LogP contribution is -2.54. The standard InChI is InChI=1S/C12H21N5.4ClH/c13-4-8-17-6-2-12(3-7-17)11-10(1-5-16-12)14-9-15-11;;;;/h9,16H,1-8,13H2,(H,14,15);4*1H. The van der Waals surface area contributed by atoms with Gasteiger partial charge in [-0.3, -0.25) is 0 Å². The van der Waals surface area contributed by atoms with Crippen molar-refractivity contribution in [3.63, 3.8) is 0 Å². The normalized spacial score (nSPS) is 19.3. The van der Waals surface area contributed by atoms with Gasteiger partial charge in [-0.25, -0.2) is 4.98 Å². The zero-order valence-corrected chi connectivity index (χ0v) is 15.1. The van der Waals surface area contributed by atoms with Gasteiger partial charge in [0.2, 0.25) is 0 Å². The van der Waals surface area contributed by atoms with E-state index in [4.69, 9.17) is 5.73 Å². The second-order valence-electron chi connectivity index (χ2n) is 5.12. The Bertz CT molecular complexity index is 393. The van der Waals surface area contributed by atoms with Gasteiger partial charge in [-0.05, 0) is 12.8 Å². The Balaban J connectivity index is 0. The largest absolute Gasteiger partial charge is 0.348 e. The van der Waals surface area contributed by atoms with Crippen LogP contribution in [-0.4, -0.2) is 47.6 Å². The fourth-order valence-electron chi connectivity index (χ4n) is 3.19. The van der Waals surface area contributed by atoms with Gasteiger partial charge in [-0.1, -0.05) is 0 Å². The molecular weight excluding hydrogens is 356 g/mol. The van der Waals surface area contributed by atoms with E-state index in [0.717, 1.165) is 52.0 Å². The highest BCUT2D eigenvalue weighted by Crippen LogP contribution is 2.35. The van der Waals surface area contributed by atoms with Crippen molar-refractivity contribution in [2.45, 2.75) is 24.8 Å². The van der Waals surface area contributed by atoms with E-state index in [-0.39, 0.29) is 55.2 Å². The number of halogens is 4. The predicted octanol–water partition coefficient (Wildman–Crippen LogP) is 1.49. The lowest BCUT2D eigenvalue weighted by atomic mass is 9.81. The minimum Gasteiger partial charge on any atom is -0.348 e. The summed E-state index contributed by atoms with van der Waals surface area (Å²) in [5, 5.41) is 3.70. The number of aromatic nitrogens is 2. The molecule has 3 heterocycles. The molecule has 0 saturated carbocycles. The number of fused-ring (bicyclic) bond motifs is 2. The summed E-state index contributed by atoms with van der Waals surface area (Å²) in [6.07, 6.45) is 5.20. The number of nitrogens with zero attached hydrogens (tertiary/aromatic N) is 2. The Morgan fingerprint density at radius 1 is 1.19 bits per heavy atom. The van der Waals surface area contributed by atoms with Crippen molar-refractivity contribution in [2.75, 3.05) is 32.7 Å². The lowest BCUT2D eigenvalue weighted by molar-refractivity contribution is 0.128. The molecule has 126 valence electrons. The molecule has 0 atom stereocenters. The molecular formula is C12H25Cl4N5. The van der Waals surface area contributed by atoms with Crippen LogP contribution in [0.1, 0.15) is 24.2 Å². The van der Waals surface area contributed by atoms with Crippen LogP contribution in [0.5, 0.6) is 0 Å². The molecule has 1 aromatic heterocycles. The Hall–Kier alpha value is 0.250. The first-order valence-electron chi connectivity index (χ1n) is 6.54. The van der Waals surface area contributed by atoms with Crippen LogP contribution in [0.4, 0.5) is 0 Å². The first-order chi connectivity index (χ1) is 8.34. The van der Waals surface area contributed by atoms with Crippen molar-refractivity contribution in [3.05, 3.63) is 17.7 Å². The number of nitrogens with two attached hydrogens (primary N) is 1. The van der Waals surface area contributed by atoms with Crippen molar-refractivity contribution in [1.29, 1.82) is 0 Å². The number of aromatic amines is 1. The maximum Gasteiger partial charge on any atom is 0.0926 e. The Kier molecular flexibility index (Phi) is 11.3. The highest BCUT2D eigenvalue weighted by Gasteiger charge is 2.40. The third-order valence-electron chi connectivity index (χ3n) is 4.16. The van der Waals surface area contributed by atoms with E-state index in [1.54, 1.807) is 0 Å². The minimum atomic E-state index is 0. The van der Waals surface area contributed by atoms with Crippen molar-refractivity contribution >= 4 is 49.6 Å². The van der Waals surface area contributed by atoms with E-state index in [1.165, 1.54) is 11.4 Å². The van der Waals surface area contributed by atoms with Crippen LogP contribution in [0, 0.1) is 0 Å². The van der Waals surface area contributed by atoms with Gasteiger partial charge in [0, 0.05) is 44.8 Å². The second-order valence-corrected chi connectivity index (χ2v) is 5.12. The van der Waals surface area contributed by atoms with E-state index in [1.807, 2.05) is 6.33 Å². The van der Waals surface area contributed by atoms with Crippen LogP contribution in [0.15, 0.2) is 6.33 Å². The Morgan fingerprint density at radius 3 is 2.48 bits per heavy atom. The van der Waals surface area contributed by atoms with Gasteiger partial charge in [0.15, 0.2) is 0 Å². The van der Waals surface area contributed by atoms with Gasteiger partial charge in [0.05, 0.1) is 17.6 Å². The lowest BCUT2D eigenvalue weighted by Gasteiger charge is -2.44. The first kappa shape index (κ1) is 23.5. The average Bonchev–Trinajstić information content (AvgIpc) is 2.83. The monoisotopic (exact) mass is 379 g/mol. The smallest absolute Gasteiger partial charge is 0.0926 e. The third-order valence-corrected chi connectivity index (χ3v) is 4.16. The number of piperidine rings is 1. The summed E-state index contributed by atoms with van der Waals surface area (Å²) >= 11 is 0. The fraction of sp³-hybridized carbons (Fsp3) is 0.750. The zero-order valence-electron chi connectivity index (χ0n) is 11.8. The molecule has 21 heavy (non-hydrogen) atoms. The summed E-state index contributed by atoms with van der Waals surface area (Å²) in [4.78, 5) is 10.3. The van der Waals surface area contributed by atoms with E-state index in [0.29, 0.717) is 0 Å². The number of H-pyrrole nitrogens is 1. The summed E-state index contributed by atoms with van der Waals surface area (Å²) in [7, 11) is 0. The number of imidazole rings is 1. The van der Waals surface area contributed by atoms with Crippen LogP contribution in [0.3, 0.4) is 0 Å². The number of hydrogen-bond donors (Lipinski definition) is 3.